The summed E-state index contributed by atoms with van der Waals surface area (Å²) >= 11 is 0. The lowest BCUT2D eigenvalue weighted by Gasteiger charge is -2.12. The highest BCUT2D eigenvalue weighted by Crippen LogP contribution is 2.28. The van der Waals surface area contributed by atoms with Gasteiger partial charge in [0.2, 0.25) is 5.91 Å². The van der Waals surface area contributed by atoms with E-state index < -0.39 is 0 Å². The van der Waals surface area contributed by atoms with Crippen LogP contribution >= 0.6 is 0 Å². The van der Waals surface area contributed by atoms with E-state index in [1.807, 2.05) is 0 Å². The zero-order valence-corrected chi connectivity index (χ0v) is 8.81. The van der Waals surface area contributed by atoms with Gasteiger partial charge in [0, 0.05) is 12.0 Å². The van der Waals surface area contributed by atoms with E-state index in [0.29, 0.717) is 12.0 Å². The van der Waals surface area contributed by atoms with Crippen LogP contribution in [0.1, 0.15) is 52.4 Å². The second-order valence-corrected chi connectivity index (χ2v) is 4.18. The fourth-order valence-electron chi connectivity index (χ4n) is 1.48. The molecule has 13 heavy (non-hydrogen) atoms. The first-order chi connectivity index (χ1) is 6.24. The minimum Gasteiger partial charge on any atom is -0.353 e. The molecule has 1 amide bonds. The molecule has 1 rings (SSSR count). The first kappa shape index (κ1) is 10.6. The number of rotatable bonds is 6. The van der Waals surface area contributed by atoms with E-state index in [-0.39, 0.29) is 5.91 Å². The Morgan fingerprint density at radius 2 is 2.15 bits per heavy atom. The van der Waals surface area contributed by atoms with E-state index in [4.69, 9.17) is 0 Å². The number of nitrogens with one attached hydrogen (secondary N) is 1. The maximum atomic E-state index is 11.3. The molecule has 1 aliphatic rings. The first-order valence-electron chi connectivity index (χ1n) is 5.54. The molecule has 1 fully saturated rings. The smallest absolute Gasteiger partial charge is 0.223 e. The average Bonchev–Trinajstić information content (AvgIpc) is 2.86. The van der Waals surface area contributed by atoms with Gasteiger partial charge in [0.1, 0.15) is 0 Å². The van der Waals surface area contributed by atoms with Gasteiger partial charge in [-0.15, -0.1) is 0 Å². The molecule has 0 spiro atoms. The van der Waals surface area contributed by atoms with Gasteiger partial charge in [-0.1, -0.05) is 26.2 Å². The van der Waals surface area contributed by atoms with Crippen LogP contribution in [0.2, 0.25) is 0 Å². The molecule has 2 heteroatoms. The van der Waals surface area contributed by atoms with Gasteiger partial charge in [0.25, 0.3) is 0 Å². The summed E-state index contributed by atoms with van der Waals surface area (Å²) in [5, 5.41) is 3.06. The van der Waals surface area contributed by atoms with Crippen molar-refractivity contribution < 1.29 is 4.79 Å². The minimum atomic E-state index is 0.281. The molecule has 0 bridgehead atoms. The summed E-state index contributed by atoms with van der Waals surface area (Å²) in [5.74, 6) is 0.637. The lowest BCUT2D eigenvalue weighted by molar-refractivity contribution is -0.122. The quantitative estimate of drug-likeness (QED) is 0.630. The van der Waals surface area contributed by atoms with Gasteiger partial charge in [-0.05, 0) is 26.2 Å². The monoisotopic (exact) mass is 183 g/mol. The van der Waals surface area contributed by atoms with Gasteiger partial charge in [-0.3, -0.25) is 4.79 Å². The molecular formula is C11H21NO. The maximum Gasteiger partial charge on any atom is 0.223 e. The van der Waals surface area contributed by atoms with E-state index >= 15 is 0 Å². The third kappa shape index (κ3) is 4.30. The van der Waals surface area contributed by atoms with Crippen LogP contribution in [0, 0.1) is 5.92 Å². The van der Waals surface area contributed by atoms with Crippen molar-refractivity contribution in [2.45, 2.75) is 58.4 Å². The molecule has 0 aromatic heterocycles. The third-order valence-electron chi connectivity index (χ3n) is 2.58. The fourth-order valence-corrected chi connectivity index (χ4v) is 1.48. The number of hydrogen-bond donors (Lipinski definition) is 1. The largest absolute Gasteiger partial charge is 0.353 e. The van der Waals surface area contributed by atoms with Crippen molar-refractivity contribution in [2.75, 3.05) is 0 Å². The maximum absolute atomic E-state index is 11.3. The van der Waals surface area contributed by atoms with E-state index in [1.165, 1.54) is 19.3 Å². The number of hydrogen-bond acceptors (Lipinski definition) is 1. The van der Waals surface area contributed by atoms with E-state index in [2.05, 4.69) is 19.2 Å². The van der Waals surface area contributed by atoms with Crippen molar-refractivity contribution in [2.24, 2.45) is 5.92 Å². The molecule has 1 aliphatic carbocycles. The van der Waals surface area contributed by atoms with Crippen molar-refractivity contribution >= 4 is 5.91 Å². The molecule has 0 aromatic rings. The van der Waals surface area contributed by atoms with Crippen molar-refractivity contribution in [3.05, 3.63) is 0 Å². The fraction of sp³-hybridized carbons (Fsp3) is 0.909. The molecule has 0 heterocycles. The van der Waals surface area contributed by atoms with Crippen molar-refractivity contribution in [1.82, 2.24) is 5.32 Å². The first-order valence-corrected chi connectivity index (χ1v) is 5.54. The number of unbranched alkanes of at least 4 members (excludes halogenated alkanes) is 2. The lowest BCUT2D eigenvalue weighted by atomic mass is 10.1. The van der Waals surface area contributed by atoms with Gasteiger partial charge in [-0.25, -0.2) is 0 Å². The molecule has 0 aromatic carbocycles. The van der Waals surface area contributed by atoms with Crippen molar-refractivity contribution in [3.63, 3.8) is 0 Å². The van der Waals surface area contributed by atoms with Crippen LogP contribution in [0.5, 0.6) is 0 Å². The summed E-state index contributed by atoms with van der Waals surface area (Å²) in [6, 6.07) is 0.375. The van der Waals surface area contributed by atoms with Crippen LogP contribution in [0.4, 0.5) is 0 Å². The summed E-state index contributed by atoms with van der Waals surface area (Å²) in [6.07, 6.45) is 7.11. The Morgan fingerprint density at radius 1 is 1.46 bits per heavy atom. The number of carbonyl (C=O) groups excluding carboxylic acids is 1. The van der Waals surface area contributed by atoms with Gasteiger partial charge in [-0.2, -0.15) is 0 Å². The highest BCUT2D eigenvalue weighted by molar-refractivity contribution is 5.81. The highest BCUT2D eigenvalue weighted by atomic mass is 16.2. The summed E-state index contributed by atoms with van der Waals surface area (Å²) in [6.45, 7) is 4.31. The lowest BCUT2D eigenvalue weighted by Crippen LogP contribution is -2.33. The van der Waals surface area contributed by atoms with Gasteiger partial charge >= 0.3 is 0 Å². The minimum absolute atomic E-state index is 0.281. The van der Waals surface area contributed by atoms with Gasteiger partial charge < -0.3 is 5.32 Å². The third-order valence-corrected chi connectivity index (χ3v) is 2.58. The SMILES string of the molecule is CCCCCC(C)NC(=O)C1CC1. The van der Waals surface area contributed by atoms with Crippen molar-refractivity contribution in [3.8, 4) is 0 Å². The van der Waals surface area contributed by atoms with E-state index in [9.17, 15) is 4.79 Å². The zero-order valence-electron chi connectivity index (χ0n) is 8.81. The van der Waals surface area contributed by atoms with Crippen LogP contribution in [0.15, 0.2) is 0 Å². The molecule has 1 unspecified atom stereocenters. The summed E-state index contributed by atoms with van der Waals surface area (Å²) in [7, 11) is 0. The van der Waals surface area contributed by atoms with Crippen LogP contribution in [-0.2, 0) is 4.79 Å². The Kier molecular flexibility index (Phi) is 4.26. The summed E-state index contributed by atoms with van der Waals surface area (Å²) in [4.78, 5) is 11.3. The van der Waals surface area contributed by atoms with Crippen LogP contribution in [0.25, 0.3) is 0 Å². The number of amides is 1. The highest BCUT2D eigenvalue weighted by Gasteiger charge is 2.29. The Balaban J connectivity index is 2.02. The van der Waals surface area contributed by atoms with Crippen LogP contribution < -0.4 is 5.32 Å². The number of carbonyl (C=O) groups is 1. The zero-order chi connectivity index (χ0) is 9.68. The van der Waals surface area contributed by atoms with Gasteiger partial charge in [0.05, 0.1) is 0 Å². The molecule has 1 atom stereocenters. The Bertz CT molecular complexity index is 163. The predicted octanol–water partition coefficient (Wildman–Crippen LogP) is 2.48. The average molecular weight is 183 g/mol. The molecule has 2 nitrogen and oxygen atoms in total. The molecule has 0 radical (unpaired) electrons. The Labute approximate surface area is 81.1 Å². The van der Waals surface area contributed by atoms with Crippen LogP contribution in [-0.4, -0.2) is 11.9 Å². The summed E-state index contributed by atoms with van der Waals surface area (Å²) < 4.78 is 0. The van der Waals surface area contributed by atoms with E-state index in [1.54, 1.807) is 0 Å². The summed E-state index contributed by atoms with van der Waals surface area (Å²) in [5.41, 5.74) is 0. The molecule has 0 saturated heterocycles. The second kappa shape index (κ2) is 5.25. The van der Waals surface area contributed by atoms with Crippen molar-refractivity contribution in [1.29, 1.82) is 0 Å². The Morgan fingerprint density at radius 3 is 2.69 bits per heavy atom. The normalized spacial score (nSPS) is 18.3. The standard InChI is InChI=1S/C11H21NO/c1-3-4-5-6-9(2)12-11(13)10-7-8-10/h9-10H,3-8H2,1-2H3,(H,12,13). The Hall–Kier alpha value is -0.530. The molecule has 1 saturated carbocycles. The second-order valence-electron chi connectivity index (χ2n) is 4.18. The molecule has 76 valence electrons. The molecule has 1 N–H and O–H groups in total. The van der Waals surface area contributed by atoms with Gasteiger partial charge in [0.15, 0.2) is 0 Å². The topological polar surface area (TPSA) is 29.1 Å². The van der Waals surface area contributed by atoms with Crippen LogP contribution in [0.3, 0.4) is 0 Å². The molecule has 0 aliphatic heterocycles. The predicted molar refractivity (Wildman–Crippen MR) is 54.5 cm³/mol. The molecular weight excluding hydrogens is 162 g/mol. The van der Waals surface area contributed by atoms with E-state index in [0.717, 1.165) is 19.3 Å².